The van der Waals surface area contributed by atoms with E-state index in [-0.39, 0.29) is 6.04 Å². The molecular weight excluding hydrogens is 334 g/mol. The Morgan fingerprint density at radius 2 is 1.96 bits per heavy atom. The summed E-state index contributed by atoms with van der Waals surface area (Å²) in [4.78, 5) is 4.52. The van der Waals surface area contributed by atoms with Gasteiger partial charge in [0.05, 0.1) is 13.2 Å². The number of ether oxygens (including phenoxy) is 1. The Morgan fingerprint density at radius 1 is 1.20 bits per heavy atom. The maximum atomic E-state index is 6.04. The molecule has 3 aromatic rings. The summed E-state index contributed by atoms with van der Waals surface area (Å²) in [7, 11) is 3.70. The Kier molecular flexibility index (Phi) is 5.41. The predicted molar refractivity (Wildman–Crippen MR) is 101 cm³/mol. The minimum absolute atomic E-state index is 0.0142. The Balaban J connectivity index is 1.84. The number of aryl methyl sites for hydroxylation is 2. The molecule has 0 bridgehead atoms. The van der Waals surface area contributed by atoms with Gasteiger partial charge in [-0.05, 0) is 41.8 Å². The number of benzene rings is 2. The summed E-state index contributed by atoms with van der Waals surface area (Å²) in [6.07, 6.45) is 3.77. The summed E-state index contributed by atoms with van der Waals surface area (Å²) in [6, 6.07) is 14.1. The lowest BCUT2D eigenvalue weighted by atomic mass is 10.0. The fourth-order valence-corrected chi connectivity index (χ4v) is 3.07. The van der Waals surface area contributed by atoms with Crippen LogP contribution in [0.1, 0.15) is 28.6 Å². The third kappa shape index (κ3) is 4.03. The highest BCUT2D eigenvalue weighted by Gasteiger charge is 2.18. The van der Waals surface area contributed by atoms with E-state index in [9.17, 15) is 0 Å². The van der Waals surface area contributed by atoms with Gasteiger partial charge in [0.25, 0.3) is 0 Å². The van der Waals surface area contributed by atoms with E-state index < -0.39 is 0 Å². The Morgan fingerprint density at radius 3 is 2.56 bits per heavy atom. The fourth-order valence-electron chi connectivity index (χ4n) is 2.94. The molecule has 0 saturated heterocycles. The summed E-state index contributed by atoms with van der Waals surface area (Å²) >= 11 is 6.04. The van der Waals surface area contributed by atoms with E-state index >= 15 is 0 Å². The van der Waals surface area contributed by atoms with Gasteiger partial charge in [-0.1, -0.05) is 35.9 Å². The molecule has 1 aromatic heterocycles. The van der Waals surface area contributed by atoms with Crippen LogP contribution in [0.4, 0.5) is 0 Å². The summed E-state index contributed by atoms with van der Waals surface area (Å²) in [5, 5.41) is 4.34. The summed E-state index contributed by atoms with van der Waals surface area (Å²) < 4.78 is 7.37. The molecule has 0 unspecified atom stereocenters. The quantitative estimate of drug-likeness (QED) is 0.717. The first kappa shape index (κ1) is 17.5. The molecule has 0 aliphatic carbocycles. The van der Waals surface area contributed by atoms with E-state index in [0.717, 1.165) is 34.3 Å². The molecule has 3 rings (SSSR count). The van der Waals surface area contributed by atoms with Gasteiger partial charge in [0.15, 0.2) is 0 Å². The minimum Gasteiger partial charge on any atom is -0.496 e. The molecule has 25 heavy (non-hydrogen) atoms. The molecule has 130 valence electrons. The number of nitrogens with one attached hydrogen (secondary N) is 1. The van der Waals surface area contributed by atoms with Gasteiger partial charge >= 0.3 is 0 Å². The van der Waals surface area contributed by atoms with Crippen molar-refractivity contribution in [1.29, 1.82) is 0 Å². The number of halogens is 1. The lowest BCUT2D eigenvalue weighted by Crippen LogP contribution is -2.24. The van der Waals surface area contributed by atoms with Gasteiger partial charge in [-0.2, -0.15) is 0 Å². The van der Waals surface area contributed by atoms with E-state index in [4.69, 9.17) is 16.3 Å². The highest BCUT2D eigenvalue weighted by atomic mass is 35.5. The van der Waals surface area contributed by atoms with Gasteiger partial charge in [0.2, 0.25) is 0 Å². The van der Waals surface area contributed by atoms with Gasteiger partial charge in [0, 0.05) is 31.0 Å². The smallest absolute Gasteiger partial charge is 0.130 e. The maximum Gasteiger partial charge on any atom is 0.130 e. The van der Waals surface area contributed by atoms with Crippen LogP contribution in [0.25, 0.3) is 0 Å². The highest BCUT2D eigenvalue weighted by Crippen LogP contribution is 2.24. The molecule has 0 fully saturated rings. The number of rotatable bonds is 6. The van der Waals surface area contributed by atoms with Gasteiger partial charge in [-0.25, -0.2) is 4.98 Å². The molecule has 1 N–H and O–H groups in total. The number of aromatic nitrogens is 2. The van der Waals surface area contributed by atoms with Crippen molar-refractivity contribution in [2.24, 2.45) is 7.05 Å². The van der Waals surface area contributed by atoms with E-state index in [1.165, 1.54) is 5.56 Å². The topological polar surface area (TPSA) is 39.1 Å². The zero-order valence-corrected chi connectivity index (χ0v) is 15.4. The third-order valence-corrected chi connectivity index (χ3v) is 4.54. The van der Waals surface area contributed by atoms with Crippen LogP contribution in [-0.2, 0) is 13.6 Å². The Bertz CT molecular complexity index is 842. The molecule has 2 aromatic carbocycles. The van der Waals surface area contributed by atoms with E-state index in [1.807, 2.05) is 54.3 Å². The number of hydrogen-bond acceptors (Lipinski definition) is 3. The van der Waals surface area contributed by atoms with Crippen LogP contribution in [0.2, 0.25) is 5.02 Å². The van der Waals surface area contributed by atoms with Crippen molar-refractivity contribution in [1.82, 2.24) is 14.9 Å². The number of imidazole rings is 1. The maximum absolute atomic E-state index is 6.04. The normalized spacial score (nSPS) is 12.2. The van der Waals surface area contributed by atoms with Crippen LogP contribution in [-0.4, -0.2) is 16.7 Å². The van der Waals surface area contributed by atoms with Crippen LogP contribution in [0, 0.1) is 6.92 Å². The lowest BCUT2D eigenvalue weighted by Gasteiger charge is -2.20. The number of nitrogens with zero attached hydrogens (tertiary/aromatic N) is 2. The van der Waals surface area contributed by atoms with Crippen molar-refractivity contribution in [2.45, 2.75) is 19.5 Å². The van der Waals surface area contributed by atoms with Crippen molar-refractivity contribution < 1.29 is 4.74 Å². The first-order valence-electron chi connectivity index (χ1n) is 8.18. The van der Waals surface area contributed by atoms with Crippen molar-refractivity contribution in [3.63, 3.8) is 0 Å². The highest BCUT2D eigenvalue weighted by molar-refractivity contribution is 6.30. The number of methoxy groups -OCH3 is 1. The monoisotopic (exact) mass is 355 g/mol. The second kappa shape index (κ2) is 7.72. The van der Waals surface area contributed by atoms with Gasteiger partial charge in [-0.15, -0.1) is 0 Å². The molecule has 1 atom stereocenters. The molecule has 0 spiro atoms. The van der Waals surface area contributed by atoms with Gasteiger partial charge < -0.3 is 9.30 Å². The van der Waals surface area contributed by atoms with Crippen LogP contribution in [0.3, 0.4) is 0 Å². The van der Waals surface area contributed by atoms with E-state index in [1.54, 1.807) is 7.11 Å². The van der Waals surface area contributed by atoms with Crippen molar-refractivity contribution in [2.75, 3.05) is 7.11 Å². The van der Waals surface area contributed by atoms with Crippen LogP contribution < -0.4 is 10.1 Å². The molecule has 0 aliphatic rings. The van der Waals surface area contributed by atoms with Crippen LogP contribution in [0.5, 0.6) is 5.75 Å². The van der Waals surface area contributed by atoms with E-state index in [0.29, 0.717) is 0 Å². The number of hydrogen-bond donors (Lipinski definition) is 1. The van der Waals surface area contributed by atoms with Gasteiger partial charge in [-0.3, -0.25) is 5.32 Å². The SMILES string of the molecule is COc1ccc(CN[C@@H](c2ccc(Cl)cc2)c2nccn2C)cc1C. The molecule has 0 radical (unpaired) electrons. The average Bonchev–Trinajstić information content (AvgIpc) is 3.03. The summed E-state index contributed by atoms with van der Waals surface area (Å²) in [6.45, 7) is 2.78. The lowest BCUT2D eigenvalue weighted by molar-refractivity contribution is 0.411. The molecular formula is C20H22ClN3O. The summed E-state index contributed by atoms with van der Waals surface area (Å²) in [5.41, 5.74) is 3.46. The van der Waals surface area contributed by atoms with Crippen LogP contribution in [0.15, 0.2) is 54.9 Å². The van der Waals surface area contributed by atoms with Crippen molar-refractivity contribution in [3.8, 4) is 5.75 Å². The standard InChI is InChI=1S/C20H22ClN3O/c1-14-12-15(4-9-18(14)25-3)13-23-19(20-22-10-11-24(20)2)16-5-7-17(21)8-6-16/h4-12,19,23H,13H2,1-3H3/t19-/m0/s1. The fraction of sp³-hybridized carbons (Fsp3) is 0.250. The van der Waals surface area contributed by atoms with Gasteiger partial charge in [0.1, 0.15) is 11.6 Å². The molecule has 5 heteroatoms. The second-order valence-electron chi connectivity index (χ2n) is 6.07. The first-order chi connectivity index (χ1) is 12.1. The minimum atomic E-state index is -0.0142. The summed E-state index contributed by atoms with van der Waals surface area (Å²) in [5.74, 6) is 1.87. The zero-order chi connectivity index (χ0) is 17.8. The van der Waals surface area contributed by atoms with Crippen LogP contribution >= 0.6 is 11.6 Å². The molecule has 0 amide bonds. The Labute approximate surface area is 153 Å². The zero-order valence-electron chi connectivity index (χ0n) is 14.7. The third-order valence-electron chi connectivity index (χ3n) is 4.29. The first-order valence-corrected chi connectivity index (χ1v) is 8.56. The molecule has 0 saturated carbocycles. The predicted octanol–water partition coefficient (Wildman–Crippen LogP) is 4.27. The largest absolute Gasteiger partial charge is 0.496 e. The average molecular weight is 356 g/mol. The second-order valence-corrected chi connectivity index (χ2v) is 6.50. The van der Waals surface area contributed by atoms with Crippen molar-refractivity contribution in [3.05, 3.63) is 82.4 Å². The van der Waals surface area contributed by atoms with E-state index in [2.05, 4.69) is 29.4 Å². The Hall–Kier alpha value is -2.30. The molecule has 0 aliphatic heterocycles. The molecule has 1 heterocycles. The molecule has 4 nitrogen and oxygen atoms in total. The van der Waals surface area contributed by atoms with Crippen molar-refractivity contribution >= 4 is 11.6 Å².